The molecule has 122 valence electrons. The Kier molecular flexibility index (Phi) is 3.53. The zero-order chi connectivity index (χ0) is 16.8. The van der Waals surface area contributed by atoms with Crippen molar-refractivity contribution in [1.29, 1.82) is 0 Å². The van der Waals surface area contributed by atoms with E-state index in [0.29, 0.717) is 0 Å². The second-order valence-corrected chi connectivity index (χ2v) is 4.93. The molecule has 2 aromatic rings. The quantitative estimate of drug-likeness (QED) is 0.420. The maximum absolute atomic E-state index is 14.4. The van der Waals surface area contributed by atoms with Crippen LogP contribution in [0.3, 0.4) is 0 Å². The number of alkyl halides is 1. The van der Waals surface area contributed by atoms with E-state index in [9.17, 15) is 19.0 Å². The molecule has 0 spiro atoms. The van der Waals surface area contributed by atoms with Gasteiger partial charge in [-0.25, -0.2) is 18.7 Å². The highest BCUT2D eigenvalue weighted by Gasteiger charge is 2.56. The van der Waals surface area contributed by atoms with E-state index < -0.39 is 36.7 Å². The van der Waals surface area contributed by atoms with Crippen LogP contribution in [0.2, 0.25) is 0 Å². The van der Waals surface area contributed by atoms with E-state index in [1.165, 1.54) is 0 Å². The van der Waals surface area contributed by atoms with Crippen LogP contribution in [0.5, 0.6) is 0 Å². The summed E-state index contributed by atoms with van der Waals surface area (Å²) in [4.78, 5) is 9.90. The molecule has 2 aromatic heterocycles. The number of nitrogens with two attached hydrogens (primary N) is 1. The van der Waals surface area contributed by atoms with Gasteiger partial charge in [0, 0.05) is 11.1 Å². The summed E-state index contributed by atoms with van der Waals surface area (Å²) in [5, 5.41) is 22.2. The molecule has 0 aromatic carbocycles. The van der Waals surface area contributed by atoms with E-state index in [1.54, 1.807) is 0 Å². The van der Waals surface area contributed by atoms with Crippen LogP contribution in [0.4, 0.5) is 14.6 Å². The molecule has 3 rings (SSSR count). The second-order valence-electron chi connectivity index (χ2n) is 4.93. The van der Waals surface area contributed by atoms with Crippen LogP contribution >= 0.6 is 0 Å². The fourth-order valence-electron chi connectivity index (χ4n) is 2.54. The molecule has 1 saturated heterocycles. The number of nitrogens with zero attached hydrogens (tertiary/aromatic N) is 6. The van der Waals surface area contributed by atoms with E-state index in [0.717, 1.165) is 17.1 Å². The molecule has 0 aliphatic carbocycles. The molecule has 4 N–H and O–H groups in total. The molecule has 0 bridgehead atoms. The van der Waals surface area contributed by atoms with Crippen molar-refractivity contribution in [2.45, 2.75) is 24.2 Å². The molecule has 1 aliphatic heterocycles. The van der Waals surface area contributed by atoms with E-state index in [-0.39, 0.29) is 16.9 Å². The van der Waals surface area contributed by atoms with Crippen LogP contribution in [0, 0.1) is 5.82 Å². The molecule has 1 aliphatic rings. The lowest BCUT2D eigenvalue weighted by Gasteiger charge is -2.23. The summed E-state index contributed by atoms with van der Waals surface area (Å²) >= 11 is 0. The van der Waals surface area contributed by atoms with Gasteiger partial charge < -0.3 is 20.7 Å². The molecular weight excluding hydrogens is 316 g/mol. The normalized spacial score (nSPS) is 30.5. The second kappa shape index (κ2) is 5.28. The number of hydrogen-bond acceptors (Lipinski definition) is 7. The molecule has 12 heteroatoms. The van der Waals surface area contributed by atoms with Crippen LogP contribution in [0.1, 0.15) is 6.23 Å². The smallest absolute Gasteiger partial charge is 0.201 e. The Morgan fingerprint density at radius 1 is 1.57 bits per heavy atom. The largest absolute Gasteiger partial charge is 0.393 e. The molecule has 23 heavy (non-hydrogen) atoms. The van der Waals surface area contributed by atoms with Crippen molar-refractivity contribution in [2.24, 2.45) is 5.11 Å². The lowest BCUT2D eigenvalue weighted by Crippen LogP contribution is -2.43. The molecule has 1 fully saturated rings. The third-order valence-corrected chi connectivity index (χ3v) is 3.67. The number of azide groups is 1. The van der Waals surface area contributed by atoms with Gasteiger partial charge in [0.05, 0.1) is 12.0 Å². The van der Waals surface area contributed by atoms with E-state index in [1.807, 2.05) is 0 Å². The number of halogens is 2. The Labute approximate surface area is 126 Å². The Balaban J connectivity index is 2.13. The number of aliphatic hydroxyl groups excluding tert-OH is 2. The average Bonchev–Trinajstić information content (AvgIpc) is 2.99. The summed E-state index contributed by atoms with van der Waals surface area (Å²) in [6.45, 7) is -0.964. The zero-order valence-corrected chi connectivity index (χ0v) is 11.4. The maximum atomic E-state index is 14.4. The van der Waals surface area contributed by atoms with Gasteiger partial charge in [0.2, 0.25) is 5.72 Å². The summed E-state index contributed by atoms with van der Waals surface area (Å²) in [5.74, 6) is -0.961. The van der Waals surface area contributed by atoms with Crippen LogP contribution in [0.15, 0.2) is 17.6 Å². The van der Waals surface area contributed by atoms with Crippen molar-refractivity contribution in [2.75, 3.05) is 12.3 Å². The van der Waals surface area contributed by atoms with Gasteiger partial charge in [0.25, 0.3) is 0 Å². The first-order valence-corrected chi connectivity index (χ1v) is 6.38. The maximum Gasteiger partial charge on any atom is 0.201 e. The minimum atomic E-state index is -2.22. The molecule has 10 nitrogen and oxygen atoms in total. The van der Waals surface area contributed by atoms with Gasteiger partial charge in [-0.1, -0.05) is 5.11 Å². The summed E-state index contributed by atoms with van der Waals surface area (Å²) in [5.41, 5.74) is 11.8. The lowest BCUT2D eigenvalue weighted by molar-refractivity contribution is -0.122. The number of aromatic nitrogens is 3. The van der Waals surface area contributed by atoms with Crippen LogP contribution in [0.25, 0.3) is 21.5 Å². The fourth-order valence-corrected chi connectivity index (χ4v) is 2.54. The molecular formula is C11H11F2N7O3. The van der Waals surface area contributed by atoms with E-state index >= 15 is 0 Å². The van der Waals surface area contributed by atoms with Crippen molar-refractivity contribution in [3.8, 4) is 0 Å². The first-order valence-electron chi connectivity index (χ1n) is 6.38. The van der Waals surface area contributed by atoms with Crippen molar-refractivity contribution in [3.63, 3.8) is 0 Å². The number of rotatable bonds is 3. The monoisotopic (exact) mass is 327 g/mol. The highest BCUT2D eigenvalue weighted by atomic mass is 19.1. The predicted molar refractivity (Wildman–Crippen MR) is 71.9 cm³/mol. The van der Waals surface area contributed by atoms with Gasteiger partial charge in [-0.15, -0.1) is 0 Å². The third-order valence-electron chi connectivity index (χ3n) is 3.67. The molecule has 0 saturated carbocycles. The Hall–Kier alpha value is -2.53. The zero-order valence-electron chi connectivity index (χ0n) is 11.4. The van der Waals surface area contributed by atoms with Gasteiger partial charge >= 0.3 is 0 Å². The fraction of sp³-hybridized carbons (Fsp3) is 0.455. The number of anilines is 1. The summed E-state index contributed by atoms with van der Waals surface area (Å²) < 4.78 is 34.6. The SMILES string of the molecule is [N-]=[N+]=N[C@]1(CO)O[C@@H](n2cc(F)c3c(N)ncnc32)[C@@H](F)[C@@H]1O. The molecule has 0 unspecified atom stereocenters. The number of ether oxygens (including phenoxy) is 1. The Bertz CT molecular complexity index is 808. The van der Waals surface area contributed by atoms with Gasteiger partial charge in [0.1, 0.15) is 18.2 Å². The van der Waals surface area contributed by atoms with E-state index in [4.69, 9.17) is 16.0 Å². The van der Waals surface area contributed by atoms with Gasteiger partial charge in [0.15, 0.2) is 23.9 Å². The molecule has 3 heterocycles. The Morgan fingerprint density at radius 2 is 2.30 bits per heavy atom. The number of aliphatic hydroxyl groups is 2. The molecule has 0 amide bonds. The number of hydrogen-bond donors (Lipinski definition) is 3. The van der Waals surface area contributed by atoms with Gasteiger partial charge in [-0.3, -0.25) is 4.57 Å². The summed E-state index contributed by atoms with van der Waals surface area (Å²) in [6, 6.07) is 0. The number of nitrogen functional groups attached to an aromatic ring is 1. The number of fused-ring (bicyclic) bond motifs is 1. The summed E-state index contributed by atoms with van der Waals surface area (Å²) in [7, 11) is 0. The third kappa shape index (κ3) is 2.08. The van der Waals surface area contributed by atoms with Crippen molar-refractivity contribution in [1.82, 2.24) is 14.5 Å². The predicted octanol–water partition coefficient (Wildman–Crippen LogP) is 0.379. The standard InChI is InChI=1S/C11H11F2N7O3/c12-4-1-20(9-5(4)8(14)16-3-17-9)10-6(13)7(22)11(2-21,23-10)18-19-15/h1,3,6-7,10,21-22H,2H2,(H2,14,16,17)/t6-,7-,10+,11+/m0/s1. The lowest BCUT2D eigenvalue weighted by atomic mass is 10.1. The average molecular weight is 327 g/mol. The van der Waals surface area contributed by atoms with Crippen molar-refractivity contribution < 1.29 is 23.7 Å². The van der Waals surface area contributed by atoms with Crippen LogP contribution < -0.4 is 5.73 Å². The minimum absolute atomic E-state index is 0.0653. The van der Waals surface area contributed by atoms with Crippen LogP contribution in [-0.2, 0) is 4.74 Å². The topological polar surface area (TPSA) is 155 Å². The van der Waals surface area contributed by atoms with Crippen LogP contribution in [-0.4, -0.2) is 49.4 Å². The van der Waals surface area contributed by atoms with Crippen molar-refractivity contribution >= 4 is 16.9 Å². The summed E-state index contributed by atoms with van der Waals surface area (Å²) in [6.07, 6.45) is -3.71. The van der Waals surface area contributed by atoms with Gasteiger partial charge in [-0.2, -0.15) is 0 Å². The Morgan fingerprint density at radius 3 is 2.96 bits per heavy atom. The molecule has 0 radical (unpaired) electrons. The molecule has 4 atom stereocenters. The van der Waals surface area contributed by atoms with E-state index in [2.05, 4.69) is 20.0 Å². The highest BCUT2D eigenvalue weighted by molar-refractivity contribution is 5.86. The first-order chi connectivity index (χ1) is 10.9. The minimum Gasteiger partial charge on any atom is -0.393 e. The van der Waals surface area contributed by atoms with Crippen molar-refractivity contribution in [3.05, 3.63) is 28.8 Å². The van der Waals surface area contributed by atoms with Gasteiger partial charge in [-0.05, 0) is 5.53 Å². The first kappa shape index (κ1) is 15.4. The highest BCUT2D eigenvalue weighted by Crippen LogP contribution is 2.41.